The highest BCUT2D eigenvalue weighted by Gasteiger charge is 2.18. The van der Waals surface area contributed by atoms with E-state index in [1.54, 1.807) is 41.3 Å². The first-order valence-electron chi connectivity index (χ1n) is 8.13. The normalized spacial score (nSPS) is 14.2. The molecule has 1 aliphatic rings. The average Bonchev–Trinajstić information content (AvgIpc) is 2.67. The van der Waals surface area contributed by atoms with Crippen molar-refractivity contribution >= 4 is 11.8 Å². The Labute approximate surface area is 145 Å². The summed E-state index contributed by atoms with van der Waals surface area (Å²) >= 11 is 0. The van der Waals surface area contributed by atoms with Gasteiger partial charge in [-0.2, -0.15) is 0 Å². The van der Waals surface area contributed by atoms with Crippen molar-refractivity contribution in [3.63, 3.8) is 0 Å². The van der Waals surface area contributed by atoms with E-state index in [2.05, 4.69) is 5.32 Å². The molecule has 0 radical (unpaired) electrons. The maximum atomic E-state index is 12.9. The van der Waals surface area contributed by atoms with Crippen molar-refractivity contribution in [2.24, 2.45) is 0 Å². The quantitative estimate of drug-likeness (QED) is 0.927. The zero-order valence-electron chi connectivity index (χ0n) is 13.7. The van der Waals surface area contributed by atoms with Crippen LogP contribution in [0, 0.1) is 5.82 Å². The maximum absolute atomic E-state index is 12.9. The fraction of sp³-hybridized carbons (Fsp3) is 0.263. The van der Waals surface area contributed by atoms with Gasteiger partial charge in [0.05, 0.1) is 13.2 Å². The smallest absolute Gasteiger partial charge is 0.254 e. The number of nitrogens with one attached hydrogen (secondary N) is 1. The standard InChI is InChI=1S/C19H19FN2O3/c20-17-7-1-14(2-8-17)13-21-18(23)15-3-5-16(6-4-15)19(24)22-9-11-25-12-10-22/h1-8H,9-13H2,(H,21,23). The lowest BCUT2D eigenvalue weighted by Crippen LogP contribution is -2.40. The van der Waals surface area contributed by atoms with E-state index in [1.807, 2.05) is 0 Å². The van der Waals surface area contributed by atoms with Crippen molar-refractivity contribution in [3.05, 3.63) is 71.0 Å². The fourth-order valence-electron chi connectivity index (χ4n) is 2.60. The Hall–Kier alpha value is -2.73. The number of nitrogens with zero attached hydrogens (tertiary/aromatic N) is 1. The Bertz CT molecular complexity index is 738. The summed E-state index contributed by atoms with van der Waals surface area (Å²) in [5.41, 5.74) is 1.84. The second-order valence-electron chi connectivity index (χ2n) is 5.79. The van der Waals surface area contributed by atoms with Gasteiger partial charge in [-0.3, -0.25) is 9.59 Å². The zero-order chi connectivity index (χ0) is 17.6. The molecule has 0 aromatic heterocycles. The highest BCUT2D eigenvalue weighted by molar-refractivity contribution is 5.97. The summed E-state index contributed by atoms with van der Waals surface area (Å²) < 4.78 is 18.1. The third-order valence-corrected chi connectivity index (χ3v) is 4.06. The predicted octanol–water partition coefficient (Wildman–Crippen LogP) is 2.23. The van der Waals surface area contributed by atoms with E-state index in [0.717, 1.165) is 5.56 Å². The van der Waals surface area contributed by atoms with Crippen LogP contribution in [0.5, 0.6) is 0 Å². The molecule has 3 rings (SSSR count). The third kappa shape index (κ3) is 4.42. The highest BCUT2D eigenvalue weighted by Crippen LogP contribution is 2.10. The lowest BCUT2D eigenvalue weighted by Gasteiger charge is -2.26. The number of carbonyl (C=O) groups is 2. The van der Waals surface area contributed by atoms with Crippen LogP contribution in [0.2, 0.25) is 0 Å². The van der Waals surface area contributed by atoms with Crippen LogP contribution in [0.15, 0.2) is 48.5 Å². The first-order valence-corrected chi connectivity index (χ1v) is 8.13. The van der Waals surface area contributed by atoms with Crippen molar-refractivity contribution in [1.29, 1.82) is 0 Å². The van der Waals surface area contributed by atoms with Gasteiger partial charge in [-0.05, 0) is 42.0 Å². The minimum Gasteiger partial charge on any atom is -0.378 e. The second-order valence-corrected chi connectivity index (χ2v) is 5.79. The van der Waals surface area contributed by atoms with Crippen LogP contribution in [0.3, 0.4) is 0 Å². The molecular weight excluding hydrogens is 323 g/mol. The molecule has 1 fully saturated rings. The van der Waals surface area contributed by atoms with E-state index < -0.39 is 0 Å². The Morgan fingerprint density at radius 2 is 1.56 bits per heavy atom. The number of rotatable bonds is 4. The summed E-state index contributed by atoms with van der Waals surface area (Å²) in [6, 6.07) is 12.5. The van der Waals surface area contributed by atoms with Crippen LogP contribution in [0.4, 0.5) is 4.39 Å². The SMILES string of the molecule is O=C(NCc1ccc(F)cc1)c1ccc(C(=O)N2CCOCC2)cc1. The molecular formula is C19H19FN2O3. The molecule has 1 aliphatic heterocycles. The third-order valence-electron chi connectivity index (χ3n) is 4.06. The van der Waals surface area contributed by atoms with Crippen molar-refractivity contribution in [3.8, 4) is 0 Å². The van der Waals surface area contributed by atoms with Gasteiger partial charge in [0.25, 0.3) is 11.8 Å². The van der Waals surface area contributed by atoms with Crippen LogP contribution in [0.25, 0.3) is 0 Å². The average molecular weight is 342 g/mol. The van der Waals surface area contributed by atoms with Crippen LogP contribution in [-0.2, 0) is 11.3 Å². The van der Waals surface area contributed by atoms with E-state index in [4.69, 9.17) is 4.74 Å². The van der Waals surface area contributed by atoms with E-state index in [9.17, 15) is 14.0 Å². The molecule has 5 nitrogen and oxygen atoms in total. The van der Waals surface area contributed by atoms with E-state index in [1.165, 1.54) is 12.1 Å². The summed E-state index contributed by atoms with van der Waals surface area (Å²) in [4.78, 5) is 26.3. The van der Waals surface area contributed by atoms with Gasteiger partial charge in [-0.15, -0.1) is 0 Å². The van der Waals surface area contributed by atoms with Crippen LogP contribution in [0.1, 0.15) is 26.3 Å². The molecule has 0 spiro atoms. The summed E-state index contributed by atoms with van der Waals surface area (Å²) in [7, 11) is 0. The maximum Gasteiger partial charge on any atom is 0.254 e. The van der Waals surface area contributed by atoms with E-state index >= 15 is 0 Å². The monoisotopic (exact) mass is 342 g/mol. The summed E-state index contributed by atoms with van der Waals surface area (Å²) in [5.74, 6) is -0.605. The molecule has 0 atom stereocenters. The van der Waals surface area contributed by atoms with Crippen molar-refractivity contribution in [2.75, 3.05) is 26.3 Å². The minimum atomic E-state index is -0.310. The molecule has 6 heteroatoms. The minimum absolute atomic E-state index is 0.0541. The van der Waals surface area contributed by atoms with Gasteiger partial charge in [0, 0.05) is 30.8 Å². The Kier molecular flexibility index (Phi) is 5.40. The topological polar surface area (TPSA) is 58.6 Å². The second kappa shape index (κ2) is 7.90. The summed E-state index contributed by atoms with van der Waals surface area (Å²) in [6.07, 6.45) is 0. The molecule has 2 amide bonds. The van der Waals surface area contributed by atoms with Gasteiger partial charge in [-0.1, -0.05) is 12.1 Å². The molecule has 2 aromatic carbocycles. The number of carbonyl (C=O) groups excluding carboxylic acids is 2. The molecule has 1 N–H and O–H groups in total. The molecule has 0 saturated carbocycles. The van der Waals surface area contributed by atoms with Crippen LogP contribution >= 0.6 is 0 Å². The van der Waals surface area contributed by atoms with Crippen LogP contribution in [-0.4, -0.2) is 43.0 Å². The van der Waals surface area contributed by atoms with E-state index in [-0.39, 0.29) is 17.6 Å². The Balaban J connectivity index is 1.58. The van der Waals surface area contributed by atoms with Gasteiger partial charge in [0.15, 0.2) is 0 Å². The van der Waals surface area contributed by atoms with E-state index in [0.29, 0.717) is 44.0 Å². The molecule has 2 aromatic rings. The van der Waals surface area contributed by atoms with Gasteiger partial charge < -0.3 is 15.0 Å². The van der Waals surface area contributed by atoms with Gasteiger partial charge in [-0.25, -0.2) is 4.39 Å². The van der Waals surface area contributed by atoms with Crippen molar-refractivity contribution in [2.45, 2.75) is 6.54 Å². The number of hydrogen-bond acceptors (Lipinski definition) is 3. The summed E-state index contributed by atoms with van der Waals surface area (Å²) in [5, 5.41) is 2.77. The van der Waals surface area contributed by atoms with Crippen molar-refractivity contribution < 1.29 is 18.7 Å². The largest absolute Gasteiger partial charge is 0.378 e. The lowest BCUT2D eigenvalue weighted by molar-refractivity contribution is 0.0303. The van der Waals surface area contributed by atoms with Gasteiger partial charge in [0.2, 0.25) is 0 Å². The molecule has 0 unspecified atom stereocenters. The number of ether oxygens (including phenoxy) is 1. The van der Waals surface area contributed by atoms with Gasteiger partial charge >= 0.3 is 0 Å². The summed E-state index contributed by atoms with van der Waals surface area (Å²) in [6.45, 7) is 2.58. The number of morpholine rings is 1. The molecule has 130 valence electrons. The molecule has 25 heavy (non-hydrogen) atoms. The molecule has 1 heterocycles. The molecule has 1 saturated heterocycles. The highest BCUT2D eigenvalue weighted by atomic mass is 19.1. The Morgan fingerprint density at radius 1 is 0.960 bits per heavy atom. The molecule has 0 aliphatic carbocycles. The fourth-order valence-corrected chi connectivity index (χ4v) is 2.60. The lowest BCUT2D eigenvalue weighted by atomic mass is 10.1. The number of amides is 2. The van der Waals surface area contributed by atoms with Gasteiger partial charge in [0.1, 0.15) is 5.82 Å². The number of hydrogen-bond donors (Lipinski definition) is 1. The number of benzene rings is 2. The first kappa shape index (κ1) is 17.1. The van der Waals surface area contributed by atoms with Crippen LogP contribution < -0.4 is 5.32 Å². The van der Waals surface area contributed by atoms with Crippen molar-refractivity contribution in [1.82, 2.24) is 10.2 Å². The predicted molar refractivity (Wildman–Crippen MR) is 90.7 cm³/mol. The Morgan fingerprint density at radius 3 is 2.20 bits per heavy atom. The molecule has 0 bridgehead atoms. The zero-order valence-corrected chi connectivity index (χ0v) is 13.7. The number of halogens is 1. The first-order chi connectivity index (χ1) is 12.1.